The lowest BCUT2D eigenvalue weighted by Gasteiger charge is -2.12. The van der Waals surface area contributed by atoms with Gasteiger partial charge in [-0.3, -0.25) is 0 Å². The zero-order valence-corrected chi connectivity index (χ0v) is 10.9. The van der Waals surface area contributed by atoms with Crippen LogP contribution in [0.5, 0.6) is 0 Å². The van der Waals surface area contributed by atoms with Crippen LogP contribution in [0.2, 0.25) is 0 Å². The van der Waals surface area contributed by atoms with Gasteiger partial charge in [-0.1, -0.05) is 6.92 Å². The summed E-state index contributed by atoms with van der Waals surface area (Å²) >= 11 is 2.11. The van der Waals surface area contributed by atoms with Crippen LogP contribution >= 0.6 is 11.8 Å². The quantitative estimate of drug-likeness (QED) is 0.829. The van der Waals surface area contributed by atoms with Crippen LogP contribution in [0.15, 0.2) is 6.20 Å². The van der Waals surface area contributed by atoms with Crippen molar-refractivity contribution in [2.75, 3.05) is 5.75 Å². The first-order chi connectivity index (χ1) is 7.78. The summed E-state index contributed by atoms with van der Waals surface area (Å²) < 4.78 is 0. The molecular formula is C12H21N3S. The molecule has 1 aromatic heterocycles. The van der Waals surface area contributed by atoms with Crippen LogP contribution in [-0.2, 0) is 6.54 Å². The van der Waals surface area contributed by atoms with Gasteiger partial charge in [-0.15, -0.1) is 0 Å². The highest BCUT2D eigenvalue weighted by Crippen LogP contribution is 2.29. The standard InChI is InChI=1S/C12H21N3S/c1-3-16-12-5-4-10(6-12)14-8-11-7-13-9(2)15-11/h7,10,12,14H,3-6,8H2,1-2H3,(H,13,15). The van der Waals surface area contributed by atoms with Crippen molar-refractivity contribution >= 4 is 11.8 Å². The molecule has 1 saturated carbocycles. The molecular weight excluding hydrogens is 218 g/mol. The summed E-state index contributed by atoms with van der Waals surface area (Å²) in [6, 6.07) is 0.702. The van der Waals surface area contributed by atoms with E-state index in [1.165, 1.54) is 30.7 Å². The van der Waals surface area contributed by atoms with Crippen molar-refractivity contribution in [3.63, 3.8) is 0 Å². The Kier molecular flexibility index (Phi) is 4.29. The molecule has 1 aliphatic rings. The number of hydrogen-bond donors (Lipinski definition) is 2. The summed E-state index contributed by atoms with van der Waals surface area (Å²) in [5.74, 6) is 2.25. The van der Waals surface area contributed by atoms with Gasteiger partial charge in [-0.2, -0.15) is 11.8 Å². The Morgan fingerprint density at radius 2 is 2.44 bits per heavy atom. The van der Waals surface area contributed by atoms with Crippen molar-refractivity contribution < 1.29 is 0 Å². The second kappa shape index (κ2) is 5.73. The number of thioether (sulfide) groups is 1. The molecule has 1 aromatic rings. The molecule has 0 aromatic carbocycles. The van der Waals surface area contributed by atoms with Gasteiger partial charge in [0.05, 0.1) is 0 Å². The number of hydrogen-bond acceptors (Lipinski definition) is 3. The van der Waals surface area contributed by atoms with Crippen LogP contribution in [0.1, 0.15) is 37.7 Å². The fourth-order valence-electron chi connectivity index (χ4n) is 2.33. The molecule has 0 bridgehead atoms. The molecule has 90 valence electrons. The lowest BCUT2D eigenvalue weighted by atomic mass is 10.2. The van der Waals surface area contributed by atoms with E-state index < -0.39 is 0 Å². The zero-order chi connectivity index (χ0) is 11.4. The molecule has 3 nitrogen and oxygen atoms in total. The Balaban J connectivity index is 1.71. The summed E-state index contributed by atoms with van der Waals surface area (Å²) in [6.07, 6.45) is 5.95. The summed E-state index contributed by atoms with van der Waals surface area (Å²) in [7, 11) is 0. The van der Waals surface area contributed by atoms with Crippen LogP contribution in [0.3, 0.4) is 0 Å². The van der Waals surface area contributed by atoms with Crippen LogP contribution in [0.25, 0.3) is 0 Å². The summed E-state index contributed by atoms with van der Waals surface area (Å²) in [4.78, 5) is 7.46. The molecule has 0 radical (unpaired) electrons. The van der Waals surface area contributed by atoms with Crippen LogP contribution in [-0.4, -0.2) is 27.0 Å². The predicted molar refractivity (Wildman–Crippen MR) is 69.7 cm³/mol. The van der Waals surface area contributed by atoms with Gasteiger partial charge in [-0.25, -0.2) is 4.98 Å². The number of imidazole rings is 1. The Labute approximate surface area is 102 Å². The summed E-state index contributed by atoms with van der Waals surface area (Å²) in [5, 5.41) is 4.50. The first-order valence-corrected chi connectivity index (χ1v) is 7.18. The maximum atomic E-state index is 4.21. The molecule has 2 unspecified atom stereocenters. The number of nitrogens with zero attached hydrogens (tertiary/aromatic N) is 1. The number of H-pyrrole nitrogens is 1. The third-order valence-corrected chi connectivity index (χ3v) is 4.36. The van der Waals surface area contributed by atoms with Gasteiger partial charge in [-0.05, 0) is 31.9 Å². The molecule has 0 aliphatic heterocycles. The Morgan fingerprint density at radius 1 is 1.56 bits per heavy atom. The topological polar surface area (TPSA) is 40.7 Å². The Hall–Kier alpha value is -0.480. The number of aromatic nitrogens is 2. The zero-order valence-electron chi connectivity index (χ0n) is 10.1. The van der Waals surface area contributed by atoms with E-state index in [1.54, 1.807) is 0 Å². The van der Waals surface area contributed by atoms with Crippen molar-refractivity contribution in [1.82, 2.24) is 15.3 Å². The van der Waals surface area contributed by atoms with E-state index in [0.717, 1.165) is 17.6 Å². The fourth-order valence-corrected chi connectivity index (χ4v) is 3.47. The molecule has 4 heteroatoms. The number of rotatable bonds is 5. The van der Waals surface area contributed by atoms with Crippen LogP contribution < -0.4 is 5.32 Å². The molecule has 1 heterocycles. The van der Waals surface area contributed by atoms with Gasteiger partial charge in [0.2, 0.25) is 0 Å². The minimum atomic E-state index is 0.702. The minimum Gasteiger partial charge on any atom is -0.345 e. The second-order valence-corrected chi connectivity index (χ2v) is 6.04. The van der Waals surface area contributed by atoms with Crippen molar-refractivity contribution in [2.24, 2.45) is 0 Å². The van der Waals surface area contributed by atoms with Crippen molar-refractivity contribution in [2.45, 2.75) is 50.9 Å². The molecule has 2 N–H and O–H groups in total. The van der Waals surface area contributed by atoms with E-state index in [9.17, 15) is 0 Å². The first kappa shape index (κ1) is 12.0. The van der Waals surface area contributed by atoms with Gasteiger partial charge < -0.3 is 10.3 Å². The van der Waals surface area contributed by atoms with E-state index in [1.807, 2.05) is 13.1 Å². The fraction of sp³-hybridized carbons (Fsp3) is 0.750. The van der Waals surface area contributed by atoms with E-state index >= 15 is 0 Å². The largest absolute Gasteiger partial charge is 0.345 e. The van der Waals surface area contributed by atoms with Gasteiger partial charge in [0.1, 0.15) is 5.82 Å². The number of aryl methyl sites for hydroxylation is 1. The van der Waals surface area contributed by atoms with E-state index in [0.29, 0.717) is 6.04 Å². The third-order valence-electron chi connectivity index (χ3n) is 3.12. The molecule has 2 rings (SSSR count). The lowest BCUT2D eigenvalue weighted by molar-refractivity contribution is 0.521. The average Bonchev–Trinajstić information content (AvgIpc) is 2.85. The van der Waals surface area contributed by atoms with Crippen molar-refractivity contribution in [3.05, 3.63) is 17.7 Å². The highest BCUT2D eigenvalue weighted by molar-refractivity contribution is 7.99. The lowest BCUT2D eigenvalue weighted by Crippen LogP contribution is -2.26. The average molecular weight is 239 g/mol. The SMILES string of the molecule is CCSC1CCC(NCc2cnc(C)[nH]2)C1. The predicted octanol–water partition coefficient (Wildman–Crippen LogP) is 2.48. The summed E-state index contributed by atoms with van der Waals surface area (Å²) in [6.45, 7) is 5.17. The van der Waals surface area contributed by atoms with E-state index in [4.69, 9.17) is 0 Å². The second-order valence-electron chi connectivity index (χ2n) is 4.46. The smallest absolute Gasteiger partial charge is 0.103 e. The van der Waals surface area contributed by atoms with E-state index in [-0.39, 0.29) is 0 Å². The molecule has 1 aliphatic carbocycles. The van der Waals surface area contributed by atoms with Crippen molar-refractivity contribution in [1.29, 1.82) is 0 Å². The Bertz CT molecular complexity index is 324. The van der Waals surface area contributed by atoms with Gasteiger partial charge in [0.25, 0.3) is 0 Å². The molecule has 16 heavy (non-hydrogen) atoms. The highest BCUT2D eigenvalue weighted by atomic mass is 32.2. The summed E-state index contributed by atoms with van der Waals surface area (Å²) in [5.41, 5.74) is 1.20. The first-order valence-electron chi connectivity index (χ1n) is 6.13. The molecule has 0 saturated heterocycles. The molecule has 1 fully saturated rings. The molecule has 0 amide bonds. The molecule has 2 atom stereocenters. The maximum Gasteiger partial charge on any atom is 0.103 e. The van der Waals surface area contributed by atoms with E-state index in [2.05, 4.69) is 34.0 Å². The normalized spacial score (nSPS) is 25.1. The number of nitrogens with one attached hydrogen (secondary N) is 2. The minimum absolute atomic E-state index is 0.702. The number of aromatic amines is 1. The molecule has 0 spiro atoms. The van der Waals surface area contributed by atoms with Crippen LogP contribution in [0, 0.1) is 6.92 Å². The Morgan fingerprint density at radius 3 is 3.12 bits per heavy atom. The third kappa shape index (κ3) is 3.25. The van der Waals surface area contributed by atoms with Crippen molar-refractivity contribution in [3.8, 4) is 0 Å². The van der Waals surface area contributed by atoms with Gasteiger partial charge in [0, 0.05) is 29.7 Å². The highest BCUT2D eigenvalue weighted by Gasteiger charge is 2.23. The van der Waals surface area contributed by atoms with Gasteiger partial charge >= 0.3 is 0 Å². The van der Waals surface area contributed by atoms with Crippen LogP contribution in [0.4, 0.5) is 0 Å². The van der Waals surface area contributed by atoms with Gasteiger partial charge in [0.15, 0.2) is 0 Å². The monoisotopic (exact) mass is 239 g/mol. The maximum absolute atomic E-state index is 4.21.